The second-order valence-electron chi connectivity index (χ2n) is 6.04. The predicted molar refractivity (Wildman–Crippen MR) is 97.6 cm³/mol. The molecular formula is C18H19ClN2O3S. The zero-order chi connectivity index (χ0) is 17.9. The van der Waals surface area contributed by atoms with Gasteiger partial charge in [0.05, 0.1) is 12.3 Å². The Kier molecular flexibility index (Phi) is 5.42. The van der Waals surface area contributed by atoms with Crippen LogP contribution in [-0.2, 0) is 33.5 Å². The first kappa shape index (κ1) is 17.9. The van der Waals surface area contributed by atoms with Gasteiger partial charge in [-0.15, -0.1) is 0 Å². The van der Waals surface area contributed by atoms with Crippen molar-refractivity contribution in [3.8, 4) is 0 Å². The molecule has 1 aliphatic heterocycles. The zero-order valence-electron chi connectivity index (χ0n) is 13.6. The third kappa shape index (κ3) is 4.81. The number of hydrogen-bond acceptors (Lipinski definition) is 3. The number of sulfonamides is 1. The van der Waals surface area contributed by atoms with E-state index in [0.717, 1.165) is 12.0 Å². The van der Waals surface area contributed by atoms with Crippen LogP contribution in [0, 0.1) is 0 Å². The summed E-state index contributed by atoms with van der Waals surface area (Å²) in [5, 5.41) is 0.551. The molecule has 5 nitrogen and oxygen atoms in total. The number of benzene rings is 2. The summed E-state index contributed by atoms with van der Waals surface area (Å²) in [5.74, 6) is -0.394. The number of amides is 1. The van der Waals surface area contributed by atoms with E-state index in [1.807, 2.05) is 18.2 Å². The molecule has 1 N–H and O–H groups in total. The Morgan fingerprint density at radius 3 is 2.48 bits per heavy atom. The van der Waals surface area contributed by atoms with Crippen molar-refractivity contribution in [2.45, 2.75) is 18.7 Å². The van der Waals surface area contributed by atoms with Crippen molar-refractivity contribution in [2.75, 3.05) is 13.1 Å². The molecule has 0 fully saturated rings. The van der Waals surface area contributed by atoms with E-state index < -0.39 is 10.0 Å². The molecule has 0 saturated heterocycles. The molecule has 7 heteroatoms. The van der Waals surface area contributed by atoms with Crippen molar-refractivity contribution >= 4 is 27.5 Å². The molecule has 0 aromatic heterocycles. The molecule has 0 bridgehead atoms. The smallest absolute Gasteiger partial charge is 0.237 e. The van der Waals surface area contributed by atoms with Gasteiger partial charge < -0.3 is 4.90 Å². The molecule has 2 aromatic rings. The summed E-state index contributed by atoms with van der Waals surface area (Å²) < 4.78 is 26.7. The number of carbonyl (C=O) groups is 1. The first-order valence-electron chi connectivity index (χ1n) is 7.99. The lowest BCUT2D eigenvalue weighted by molar-refractivity contribution is -0.130. The molecule has 3 rings (SSSR count). The van der Waals surface area contributed by atoms with Gasteiger partial charge in [0.15, 0.2) is 0 Å². The highest BCUT2D eigenvalue weighted by atomic mass is 35.5. The molecule has 0 aliphatic carbocycles. The van der Waals surface area contributed by atoms with Gasteiger partial charge in [0.2, 0.25) is 15.9 Å². The Balaban J connectivity index is 1.56. The van der Waals surface area contributed by atoms with Crippen molar-refractivity contribution in [3.05, 3.63) is 70.2 Å². The third-order valence-electron chi connectivity index (χ3n) is 4.20. The van der Waals surface area contributed by atoms with Gasteiger partial charge >= 0.3 is 0 Å². The number of nitrogens with zero attached hydrogens (tertiary/aromatic N) is 1. The van der Waals surface area contributed by atoms with Gasteiger partial charge in [-0.1, -0.05) is 48.0 Å². The van der Waals surface area contributed by atoms with Gasteiger partial charge in [-0.05, 0) is 35.2 Å². The topological polar surface area (TPSA) is 66.5 Å². The van der Waals surface area contributed by atoms with Crippen molar-refractivity contribution in [1.82, 2.24) is 9.62 Å². The molecule has 1 heterocycles. The number of halogens is 1. The SMILES string of the molecule is O=C(CNS(=O)(=O)Cc1ccc(Cl)cc1)N1CCc2ccccc2C1. The minimum absolute atomic E-state index is 0.180. The maximum atomic E-state index is 12.3. The van der Waals surface area contributed by atoms with Gasteiger partial charge in [0.1, 0.15) is 0 Å². The Morgan fingerprint density at radius 1 is 1.08 bits per heavy atom. The fourth-order valence-electron chi connectivity index (χ4n) is 2.84. The monoisotopic (exact) mass is 378 g/mol. The molecule has 0 saturated carbocycles. The summed E-state index contributed by atoms with van der Waals surface area (Å²) in [7, 11) is -3.58. The van der Waals surface area contributed by atoms with Crippen molar-refractivity contribution in [2.24, 2.45) is 0 Å². The average molecular weight is 379 g/mol. The van der Waals surface area contributed by atoms with Crippen LogP contribution in [-0.4, -0.2) is 32.3 Å². The first-order chi connectivity index (χ1) is 11.9. The second kappa shape index (κ2) is 7.56. The van der Waals surface area contributed by atoms with E-state index in [1.165, 1.54) is 5.56 Å². The number of carbonyl (C=O) groups excluding carboxylic acids is 1. The van der Waals surface area contributed by atoms with E-state index >= 15 is 0 Å². The summed E-state index contributed by atoms with van der Waals surface area (Å²) >= 11 is 5.79. The van der Waals surface area contributed by atoms with E-state index in [0.29, 0.717) is 23.7 Å². The van der Waals surface area contributed by atoms with E-state index in [2.05, 4.69) is 10.8 Å². The van der Waals surface area contributed by atoms with Gasteiger partial charge in [-0.3, -0.25) is 4.79 Å². The summed E-state index contributed by atoms with van der Waals surface area (Å²) in [5.41, 5.74) is 2.98. The molecule has 0 spiro atoms. The Morgan fingerprint density at radius 2 is 1.76 bits per heavy atom. The zero-order valence-corrected chi connectivity index (χ0v) is 15.2. The standard InChI is InChI=1S/C18H19ClN2O3S/c19-17-7-5-14(6-8-17)13-25(23,24)20-11-18(22)21-10-9-15-3-1-2-4-16(15)12-21/h1-8,20H,9-13H2. The molecule has 132 valence electrons. The highest BCUT2D eigenvalue weighted by molar-refractivity contribution is 7.88. The van der Waals surface area contributed by atoms with Crippen LogP contribution in [0.25, 0.3) is 0 Å². The third-order valence-corrected chi connectivity index (χ3v) is 5.75. The van der Waals surface area contributed by atoms with Crippen LogP contribution in [0.5, 0.6) is 0 Å². The minimum Gasteiger partial charge on any atom is -0.337 e. The van der Waals surface area contributed by atoms with Gasteiger partial charge in [0.25, 0.3) is 0 Å². The molecule has 1 amide bonds. The van der Waals surface area contributed by atoms with Crippen LogP contribution in [0.1, 0.15) is 16.7 Å². The maximum absolute atomic E-state index is 12.3. The Bertz CT molecular complexity index is 866. The summed E-state index contributed by atoms with van der Waals surface area (Å²) in [6.07, 6.45) is 0.791. The first-order valence-corrected chi connectivity index (χ1v) is 10.0. The van der Waals surface area contributed by atoms with Crippen molar-refractivity contribution in [3.63, 3.8) is 0 Å². The van der Waals surface area contributed by atoms with E-state index in [-0.39, 0.29) is 18.2 Å². The van der Waals surface area contributed by atoms with E-state index in [1.54, 1.807) is 29.2 Å². The largest absolute Gasteiger partial charge is 0.337 e. The maximum Gasteiger partial charge on any atom is 0.237 e. The number of hydrogen-bond donors (Lipinski definition) is 1. The second-order valence-corrected chi connectivity index (χ2v) is 8.28. The lowest BCUT2D eigenvalue weighted by Crippen LogP contribution is -2.42. The highest BCUT2D eigenvalue weighted by Crippen LogP contribution is 2.18. The number of fused-ring (bicyclic) bond motifs is 1. The van der Waals surface area contributed by atoms with Gasteiger partial charge in [-0.25, -0.2) is 13.1 Å². The predicted octanol–water partition coefficient (Wildman–Crippen LogP) is 2.34. The van der Waals surface area contributed by atoms with Crippen molar-refractivity contribution < 1.29 is 13.2 Å². The summed E-state index contributed by atoms with van der Waals surface area (Å²) in [6, 6.07) is 14.6. The molecule has 2 aromatic carbocycles. The van der Waals surface area contributed by atoms with Crippen LogP contribution in [0.4, 0.5) is 0 Å². The quantitative estimate of drug-likeness (QED) is 0.868. The van der Waals surface area contributed by atoms with E-state index in [4.69, 9.17) is 11.6 Å². The van der Waals surface area contributed by atoms with Crippen molar-refractivity contribution in [1.29, 1.82) is 0 Å². The molecule has 25 heavy (non-hydrogen) atoms. The van der Waals surface area contributed by atoms with Gasteiger partial charge in [-0.2, -0.15) is 0 Å². The summed E-state index contributed by atoms with van der Waals surface area (Å²) in [6.45, 7) is 0.904. The van der Waals surface area contributed by atoms with Crippen LogP contribution >= 0.6 is 11.6 Å². The lowest BCUT2D eigenvalue weighted by Gasteiger charge is -2.29. The summed E-state index contributed by atoms with van der Waals surface area (Å²) in [4.78, 5) is 14.0. The Labute approximate surface area is 152 Å². The highest BCUT2D eigenvalue weighted by Gasteiger charge is 2.22. The molecule has 0 unspecified atom stereocenters. The van der Waals surface area contributed by atoms with E-state index in [9.17, 15) is 13.2 Å². The molecule has 1 aliphatic rings. The molecule has 0 atom stereocenters. The normalized spacial score (nSPS) is 14.2. The number of nitrogens with one attached hydrogen (secondary N) is 1. The van der Waals surface area contributed by atoms with Gasteiger partial charge in [0, 0.05) is 18.1 Å². The fourth-order valence-corrected chi connectivity index (χ4v) is 4.05. The fraction of sp³-hybridized carbons (Fsp3) is 0.278. The van der Waals surface area contributed by atoms with Crippen LogP contribution in [0.2, 0.25) is 5.02 Å². The van der Waals surface area contributed by atoms with Crippen LogP contribution in [0.3, 0.4) is 0 Å². The van der Waals surface area contributed by atoms with Crippen LogP contribution in [0.15, 0.2) is 48.5 Å². The minimum atomic E-state index is -3.58. The van der Waals surface area contributed by atoms with Crippen LogP contribution < -0.4 is 4.72 Å². The molecule has 0 radical (unpaired) electrons. The molecular weight excluding hydrogens is 360 g/mol. The lowest BCUT2D eigenvalue weighted by atomic mass is 10.00. The number of rotatable bonds is 5. The Hall–Kier alpha value is -1.89. The average Bonchev–Trinajstić information content (AvgIpc) is 2.61.